The van der Waals surface area contributed by atoms with Gasteiger partial charge < -0.3 is 10.5 Å². The highest BCUT2D eigenvalue weighted by Crippen LogP contribution is 2.22. The van der Waals surface area contributed by atoms with E-state index in [9.17, 15) is 0 Å². The molecule has 0 fully saturated rings. The average Bonchev–Trinajstić information content (AvgIpc) is 2.62. The Morgan fingerprint density at radius 3 is 3.23 bits per heavy atom. The zero-order valence-electron chi connectivity index (χ0n) is 7.16. The van der Waals surface area contributed by atoms with E-state index in [0.29, 0.717) is 13.2 Å². The van der Waals surface area contributed by atoms with E-state index in [0.717, 1.165) is 16.7 Å². The minimum atomic E-state index is 0.522. The summed E-state index contributed by atoms with van der Waals surface area (Å²) in [5, 5.41) is 7.81. The number of nitrogens with zero attached hydrogens (tertiary/aromatic N) is 1. The van der Waals surface area contributed by atoms with Crippen LogP contribution in [0.4, 0.5) is 0 Å². The van der Waals surface area contributed by atoms with Gasteiger partial charge >= 0.3 is 0 Å². The lowest BCUT2D eigenvalue weighted by molar-refractivity contribution is 0.332. The summed E-state index contributed by atoms with van der Waals surface area (Å²) in [7, 11) is 0. The summed E-state index contributed by atoms with van der Waals surface area (Å²) < 4.78 is 5.44. The van der Waals surface area contributed by atoms with E-state index in [1.54, 1.807) is 6.20 Å². The van der Waals surface area contributed by atoms with Gasteiger partial charge in [-0.1, -0.05) is 6.07 Å². The van der Waals surface area contributed by atoms with E-state index in [2.05, 4.69) is 10.2 Å². The molecule has 13 heavy (non-hydrogen) atoms. The second-order valence-corrected chi connectivity index (χ2v) is 2.72. The Morgan fingerprint density at radius 2 is 2.38 bits per heavy atom. The van der Waals surface area contributed by atoms with Crippen LogP contribution in [0, 0.1) is 0 Å². The molecule has 0 saturated heterocycles. The minimum Gasteiger partial charge on any atom is -0.492 e. The molecule has 0 aliphatic heterocycles. The predicted octanol–water partition coefficient (Wildman–Crippen LogP) is 0.900. The maximum absolute atomic E-state index is 5.44. The first kappa shape index (κ1) is 8.07. The lowest BCUT2D eigenvalue weighted by Crippen LogP contribution is -2.10. The smallest absolute Gasteiger partial charge is 0.130 e. The molecule has 4 heteroatoms. The Balaban J connectivity index is 2.37. The van der Waals surface area contributed by atoms with Crippen LogP contribution in [0.2, 0.25) is 0 Å². The lowest BCUT2D eigenvalue weighted by atomic mass is 10.2. The first-order chi connectivity index (χ1) is 6.42. The Hall–Kier alpha value is -1.55. The van der Waals surface area contributed by atoms with Crippen LogP contribution in [-0.2, 0) is 0 Å². The lowest BCUT2D eigenvalue weighted by Gasteiger charge is -2.04. The molecular formula is C9H11N3O. The molecule has 0 atom stereocenters. The molecule has 4 nitrogen and oxygen atoms in total. The molecule has 0 saturated carbocycles. The summed E-state index contributed by atoms with van der Waals surface area (Å²) in [6, 6.07) is 5.79. The number of H-pyrrole nitrogens is 1. The van der Waals surface area contributed by atoms with Crippen molar-refractivity contribution in [1.29, 1.82) is 0 Å². The number of hydrogen-bond donors (Lipinski definition) is 2. The third-order valence-electron chi connectivity index (χ3n) is 1.82. The van der Waals surface area contributed by atoms with Gasteiger partial charge in [0, 0.05) is 6.54 Å². The Morgan fingerprint density at radius 1 is 1.46 bits per heavy atom. The van der Waals surface area contributed by atoms with Gasteiger partial charge in [0.1, 0.15) is 12.4 Å². The number of aromatic nitrogens is 2. The Kier molecular flexibility index (Phi) is 2.14. The van der Waals surface area contributed by atoms with E-state index in [-0.39, 0.29) is 0 Å². The number of nitrogens with two attached hydrogens (primary N) is 1. The van der Waals surface area contributed by atoms with Gasteiger partial charge in [0.2, 0.25) is 0 Å². The van der Waals surface area contributed by atoms with Gasteiger partial charge in [-0.3, -0.25) is 5.10 Å². The largest absolute Gasteiger partial charge is 0.492 e. The number of rotatable bonds is 3. The van der Waals surface area contributed by atoms with E-state index < -0.39 is 0 Å². The van der Waals surface area contributed by atoms with Crippen molar-refractivity contribution < 1.29 is 4.74 Å². The zero-order valence-corrected chi connectivity index (χ0v) is 7.16. The molecule has 68 valence electrons. The van der Waals surface area contributed by atoms with Crippen molar-refractivity contribution in [2.24, 2.45) is 5.73 Å². The van der Waals surface area contributed by atoms with Crippen LogP contribution < -0.4 is 10.5 Å². The summed E-state index contributed by atoms with van der Waals surface area (Å²) in [6.45, 7) is 1.05. The molecule has 2 rings (SSSR count). The Labute approximate surface area is 75.7 Å². The first-order valence-corrected chi connectivity index (χ1v) is 4.17. The molecule has 3 N–H and O–H groups in total. The number of nitrogens with one attached hydrogen (secondary N) is 1. The van der Waals surface area contributed by atoms with Gasteiger partial charge in [0.05, 0.1) is 17.1 Å². The van der Waals surface area contributed by atoms with Crippen molar-refractivity contribution in [2.45, 2.75) is 0 Å². The number of ether oxygens (including phenoxy) is 1. The van der Waals surface area contributed by atoms with Crippen LogP contribution in [-0.4, -0.2) is 23.3 Å². The van der Waals surface area contributed by atoms with Gasteiger partial charge in [-0.05, 0) is 12.1 Å². The second-order valence-electron chi connectivity index (χ2n) is 2.72. The van der Waals surface area contributed by atoms with Crippen LogP contribution in [0.25, 0.3) is 10.9 Å². The molecule has 0 unspecified atom stereocenters. The third kappa shape index (κ3) is 1.48. The van der Waals surface area contributed by atoms with Crippen LogP contribution in [0.3, 0.4) is 0 Å². The quantitative estimate of drug-likeness (QED) is 0.732. The van der Waals surface area contributed by atoms with Crippen LogP contribution in [0.15, 0.2) is 24.4 Å². The molecule has 1 aromatic heterocycles. The first-order valence-electron chi connectivity index (χ1n) is 4.17. The molecule has 0 bridgehead atoms. The summed E-state index contributed by atoms with van der Waals surface area (Å²) >= 11 is 0. The van der Waals surface area contributed by atoms with Crippen molar-refractivity contribution in [3.8, 4) is 5.75 Å². The molecule has 1 heterocycles. The molecule has 0 spiro atoms. The van der Waals surface area contributed by atoms with Crippen molar-refractivity contribution >= 4 is 10.9 Å². The topological polar surface area (TPSA) is 63.9 Å². The fraction of sp³-hybridized carbons (Fsp3) is 0.222. The number of benzene rings is 1. The summed E-state index contributed by atoms with van der Waals surface area (Å²) in [5.74, 6) is 0.830. The maximum Gasteiger partial charge on any atom is 0.130 e. The zero-order chi connectivity index (χ0) is 9.10. The van der Waals surface area contributed by atoms with E-state index in [4.69, 9.17) is 10.5 Å². The van der Waals surface area contributed by atoms with Crippen molar-refractivity contribution in [2.75, 3.05) is 13.2 Å². The summed E-state index contributed by atoms with van der Waals surface area (Å²) in [4.78, 5) is 0. The molecule has 0 aliphatic carbocycles. The van der Waals surface area contributed by atoms with Crippen molar-refractivity contribution in [1.82, 2.24) is 10.2 Å². The van der Waals surface area contributed by atoms with Crippen LogP contribution in [0.1, 0.15) is 0 Å². The van der Waals surface area contributed by atoms with E-state index in [1.165, 1.54) is 0 Å². The van der Waals surface area contributed by atoms with Gasteiger partial charge in [-0.15, -0.1) is 0 Å². The minimum absolute atomic E-state index is 0.522. The fourth-order valence-corrected chi connectivity index (χ4v) is 1.24. The molecular weight excluding hydrogens is 166 g/mol. The fourth-order valence-electron chi connectivity index (χ4n) is 1.24. The van der Waals surface area contributed by atoms with Crippen molar-refractivity contribution in [3.05, 3.63) is 24.4 Å². The highest BCUT2D eigenvalue weighted by Gasteiger charge is 2.01. The number of aromatic amines is 1. The predicted molar refractivity (Wildman–Crippen MR) is 50.6 cm³/mol. The summed E-state index contributed by atoms with van der Waals surface area (Å²) in [5.41, 5.74) is 6.33. The standard InChI is InChI=1S/C9H11N3O/c10-4-5-13-9-3-1-2-8-7(9)6-11-12-8/h1-3,6H,4-5,10H2,(H,11,12). The Bertz CT molecular complexity index is 396. The van der Waals surface area contributed by atoms with E-state index >= 15 is 0 Å². The number of hydrogen-bond acceptors (Lipinski definition) is 3. The average molecular weight is 177 g/mol. The van der Waals surface area contributed by atoms with Crippen molar-refractivity contribution in [3.63, 3.8) is 0 Å². The second kappa shape index (κ2) is 3.45. The van der Waals surface area contributed by atoms with E-state index in [1.807, 2.05) is 18.2 Å². The molecule has 0 aliphatic rings. The SMILES string of the molecule is NCCOc1cccc2[nH]ncc12. The van der Waals surface area contributed by atoms with Crippen LogP contribution in [0.5, 0.6) is 5.75 Å². The maximum atomic E-state index is 5.44. The van der Waals surface area contributed by atoms with Gasteiger partial charge in [0.15, 0.2) is 0 Å². The highest BCUT2D eigenvalue weighted by atomic mass is 16.5. The third-order valence-corrected chi connectivity index (χ3v) is 1.82. The molecule has 2 aromatic rings. The summed E-state index contributed by atoms with van der Waals surface area (Å²) in [6.07, 6.45) is 1.75. The molecule has 0 radical (unpaired) electrons. The number of fused-ring (bicyclic) bond motifs is 1. The molecule has 1 aromatic carbocycles. The highest BCUT2D eigenvalue weighted by molar-refractivity contribution is 5.84. The van der Waals surface area contributed by atoms with Gasteiger partial charge in [0.25, 0.3) is 0 Å². The van der Waals surface area contributed by atoms with Gasteiger partial charge in [-0.2, -0.15) is 5.10 Å². The normalized spacial score (nSPS) is 10.5. The van der Waals surface area contributed by atoms with Crippen LogP contribution >= 0.6 is 0 Å². The van der Waals surface area contributed by atoms with Gasteiger partial charge in [-0.25, -0.2) is 0 Å². The molecule has 0 amide bonds. The monoisotopic (exact) mass is 177 g/mol.